The molecule has 7 nitrogen and oxygen atoms in total. The van der Waals surface area contributed by atoms with Gasteiger partial charge in [-0.3, -0.25) is 4.79 Å². The second-order valence-corrected chi connectivity index (χ2v) is 6.82. The van der Waals surface area contributed by atoms with E-state index in [0.29, 0.717) is 28.0 Å². The Labute approximate surface area is 177 Å². The second-order valence-electron chi connectivity index (χ2n) is 6.82. The largest absolute Gasteiger partial charge is 0.479 e. The van der Waals surface area contributed by atoms with Crippen LogP contribution < -0.4 is 10.3 Å². The lowest BCUT2D eigenvalue weighted by molar-refractivity contribution is -0.144. The standard InChI is InChI=1S/C24H19N3O4/c1-16(24(29)30)31-21-14-8-5-11-18(21)15-25-27-22(17-9-3-2-4-10-17)26-20-13-7-6-12-19(20)23(27)28/h2-16H,1H3,(H,29,30)/t16-/m0/s1. The lowest BCUT2D eigenvalue weighted by Crippen LogP contribution is -2.23. The molecule has 31 heavy (non-hydrogen) atoms. The number of para-hydroxylation sites is 2. The Bertz CT molecular complexity index is 1330. The van der Waals surface area contributed by atoms with E-state index in [1.54, 1.807) is 42.5 Å². The van der Waals surface area contributed by atoms with E-state index < -0.39 is 12.1 Å². The van der Waals surface area contributed by atoms with Crippen molar-refractivity contribution in [3.05, 3.63) is 94.8 Å². The Morgan fingerprint density at radius 1 is 1.03 bits per heavy atom. The molecule has 4 rings (SSSR count). The van der Waals surface area contributed by atoms with Crippen LogP contribution in [0.4, 0.5) is 0 Å². The van der Waals surface area contributed by atoms with Gasteiger partial charge in [0, 0.05) is 11.1 Å². The van der Waals surface area contributed by atoms with Crippen molar-refractivity contribution in [2.45, 2.75) is 13.0 Å². The maximum absolute atomic E-state index is 13.2. The van der Waals surface area contributed by atoms with E-state index in [0.717, 1.165) is 5.56 Å². The normalized spacial score (nSPS) is 12.2. The molecule has 1 N–H and O–H groups in total. The van der Waals surface area contributed by atoms with E-state index in [1.807, 2.05) is 36.4 Å². The number of carboxylic acid groups (broad SMARTS) is 1. The Balaban J connectivity index is 1.84. The smallest absolute Gasteiger partial charge is 0.344 e. The van der Waals surface area contributed by atoms with Crippen molar-refractivity contribution in [1.82, 2.24) is 9.66 Å². The second kappa shape index (κ2) is 8.62. The van der Waals surface area contributed by atoms with Crippen molar-refractivity contribution < 1.29 is 14.6 Å². The van der Waals surface area contributed by atoms with Gasteiger partial charge in [-0.1, -0.05) is 54.6 Å². The van der Waals surface area contributed by atoms with Crippen LogP contribution in [-0.4, -0.2) is 33.1 Å². The predicted molar refractivity (Wildman–Crippen MR) is 119 cm³/mol. The molecule has 7 heteroatoms. The van der Waals surface area contributed by atoms with Crippen LogP contribution in [0.15, 0.2) is 88.8 Å². The first-order valence-electron chi connectivity index (χ1n) is 9.64. The molecule has 0 saturated carbocycles. The molecule has 0 unspecified atom stereocenters. The summed E-state index contributed by atoms with van der Waals surface area (Å²) in [5.41, 5.74) is 1.55. The van der Waals surface area contributed by atoms with Crippen LogP contribution in [0.3, 0.4) is 0 Å². The minimum Gasteiger partial charge on any atom is -0.479 e. The molecule has 0 saturated heterocycles. The van der Waals surface area contributed by atoms with Gasteiger partial charge in [0.25, 0.3) is 5.56 Å². The molecule has 1 atom stereocenters. The summed E-state index contributed by atoms with van der Waals surface area (Å²) in [6.45, 7) is 1.45. The first-order chi connectivity index (χ1) is 15.0. The molecule has 3 aromatic carbocycles. The van der Waals surface area contributed by atoms with Crippen molar-refractivity contribution in [2.24, 2.45) is 5.10 Å². The predicted octanol–water partition coefficient (Wildman–Crippen LogP) is 3.80. The van der Waals surface area contributed by atoms with Crippen LogP contribution in [0.25, 0.3) is 22.3 Å². The molecule has 1 heterocycles. The lowest BCUT2D eigenvalue weighted by atomic mass is 10.2. The van der Waals surface area contributed by atoms with Gasteiger partial charge < -0.3 is 9.84 Å². The third kappa shape index (κ3) is 4.20. The molecule has 0 spiro atoms. The number of aromatic nitrogens is 2. The molecule has 4 aromatic rings. The summed E-state index contributed by atoms with van der Waals surface area (Å²) in [7, 11) is 0. The van der Waals surface area contributed by atoms with E-state index in [-0.39, 0.29) is 5.56 Å². The molecule has 0 radical (unpaired) electrons. The van der Waals surface area contributed by atoms with Crippen molar-refractivity contribution in [1.29, 1.82) is 0 Å². The maximum atomic E-state index is 13.2. The molecular weight excluding hydrogens is 394 g/mol. The van der Waals surface area contributed by atoms with Gasteiger partial charge in [-0.25, -0.2) is 9.78 Å². The quantitative estimate of drug-likeness (QED) is 0.485. The number of carbonyl (C=O) groups is 1. The van der Waals surface area contributed by atoms with Gasteiger partial charge in [-0.05, 0) is 31.2 Å². The SMILES string of the molecule is C[C@H](Oc1ccccc1C=Nn1c(-c2ccccc2)nc2ccccc2c1=O)C(=O)O. The fraction of sp³-hybridized carbons (Fsp3) is 0.0833. The first kappa shape index (κ1) is 20.0. The van der Waals surface area contributed by atoms with Gasteiger partial charge in [-0.15, -0.1) is 0 Å². The van der Waals surface area contributed by atoms with Gasteiger partial charge in [0.2, 0.25) is 0 Å². The zero-order chi connectivity index (χ0) is 21.8. The van der Waals surface area contributed by atoms with Crippen LogP contribution in [0.2, 0.25) is 0 Å². The molecule has 1 aromatic heterocycles. The van der Waals surface area contributed by atoms with Crippen LogP contribution in [0.5, 0.6) is 5.75 Å². The Morgan fingerprint density at radius 2 is 1.71 bits per heavy atom. The van der Waals surface area contributed by atoms with Crippen molar-refractivity contribution in [3.63, 3.8) is 0 Å². The van der Waals surface area contributed by atoms with E-state index in [4.69, 9.17) is 9.84 Å². The number of carboxylic acids is 1. The van der Waals surface area contributed by atoms with E-state index in [2.05, 4.69) is 10.1 Å². The lowest BCUT2D eigenvalue weighted by Gasteiger charge is -2.13. The number of hydrogen-bond donors (Lipinski definition) is 1. The summed E-state index contributed by atoms with van der Waals surface area (Å²) >= 11 is 0. The van der Waals surface area contributed by atoms with Gasteiger partial charge in [0.1, 0.15) is 5.75 Å². The molecule has 0 aliphatic carbocycles. The summed E-state index contributed by atoms with van der Waals surface area (Å²) in [5.74, 6) is -0.324. The van der Waals surface area contributed by atoms with Crippen molar-refractivity contribution in [3.8, 4) is 17.1 Å². The van der Waals surface area contributed by atoms with Crippen LogP contribution in [-0.2, 0) is 4.79 Å². The molecule has 0 amide bonds. The monoisotopic (exact) mass is 413 g/mol. The van der Waals surface area contributed by atoms with E-state index in [9.17, 15) is 9.59 Å². The van der Waals surface area contributed by atoms with Gasteiger partial charge >= 0.3 is 5.97 Å². The zero-order valence-corrected chi connectivity index (χ0v) is 16.7. The summed E-state index contributed by atoms with van der Waals surface area (Å²) in [6.07, 6.45) is 0.438. The number of fused-ring (bicyclic) bond motifs is 1. The molecule has 0 bridgehead atoms. The number of nitrogens with zero attached hydrogens (tertiary/aromatic N) is 3. The number of aliphatic carboxylic acids is 1. The molecule has 154 valence electrons. The van der Waals surface area contributed by atoms with E-state index >= 15 is 0 Å². The maximum Gasteiger partial charge on any atom is 0.344 e. The van der Waals surface area contributed by atoms with Crippen molar-refractivity contribution in [2.75, 3.05) is 0 Å². The average Bonchev–Trinajstić information content (AvgIpc) is 2.79. The molecule has 0 aliphatic rings. The Morgan fingerprint density at radius 3 is 2.48 bits per heavy atom. The average molecular weight is 413 g/mol. The fourth-order valence-electron chi connectivity index (χ4n) is 3.06. The van der Waals surface area contributed by atoms with Crippen LogP contribution in [0.1, 0.15) is 12.5 Å². The van der Waals surface area contributed by atoms with Crippen LogP contribution in [0, 0.1) is 0 Å². The highest BCUT2D eigenvalue weighted by molar-refractivity contribution is 5.85. The highest BCUT2D eigenvalue weighted by Crippen LogP contribution is 2.20. The molecule has 0 aliphatic heterocycles. The number of benzene rings is 3. The van der Waals surface area contributed by atoms with Gasteiger partial charge in [-0.2, -0.15) is 9.78 Å². The summed E-state index contributed by atoms with van der Waals surface area (Å²) in [5, 5.41) is 14.0. The summed E-state index contributed by atoms with van der Waals surface area (Å²) in [4.78, 5) is 29.0. The fourth-order valence-corrected chi connectivity index (χ4v) is 3.06. The third-order valence-corrected chi connectivity index (χ3v) is 4.67. The summed E-state index contributed by atoms with van der Waals surface area (Å²) < 4.78 is 6.76. The summed E-state index contributed by atoms with van der Waals surface area (Å²) in [6, 6.07) is 23.3. The van der Waals surface area contributed by atoms with Gasteiger partial charge in [0.15, 0.2) is 11.9 Å². The van der Waals surface area contributed by atoms with E-state index in [1.165, 1.54) is 17.8 Å². The number of rotatable bonds is 6. The first-order valence-corrected chi connectivity index (χ1v) is 9.64. The number of hydrogen-bond acceptors (Lipinski definition) is 5. The third-order valence-electron chi connectivity index (χ3n) is 4.67. The Kier molecular flexibility index (Phi) is 5.57. The van der Waals surface area contributed by atoms with Crippen molar-refractivity contribution >= 4 is 23.1 Å². The minimum absolute atomic E-state index is 0.307. The highest BCUT2D eigenvalue weighted by atomic mass is 16.5. The van der Waals surface area contributed by atoms with Crippen LogP contribution >= 0.6 is 0 Å². The molecular formula is C24H19N3O4. The zero-order valence-electron chi connectivity index (χ0n) is 16.7. The van der Waals surface area contributed by atoms with Gasteiger partial charge in [0.05, 0.1) is 17.1 Å². The topological polar surface area (TPSA) is 93.8 Å². The highest BCUT2D eigenvalue weighted by Gasteiger charge is 2.15. The Hall–Kier alpha value is -4.26. The number of ether oxygens (including phenoxy) is 1. The molecule has 0 fully saturated rings. The minimum atomic E-state index is -1.08.